The van der Waals surface area contributed by atoms with Gasteiger partial charge in [-0.2, -0.15) is 0 Å². The molecule has 1 aliphatic heterocycles. The highest BCUT2D eigenvalue weighted by molar-refractivity contribution is 5.84. The van der Waals surface area contributed by atoms with E-state index in [0.29, 0.717) is 0 Å². The Morgan fingerprint density at radius 2 is 1.79 bits per heavy atom. The summed E-state index contributed by atoms with van der Waals surface area (Å²) in [6.07, 6.45) is 7.57. The van der Waals surface area contributed by atoms with E-state index in [2.05, 4.69) is 29.2 Å². The highest BCUT2D eigenvalue weighted by Crippen LogP contribution is 2.43. The number of carbonyl (C=O) groups excluding carboxylic acids is 1. The van der Waals surface area contributed by atoms with E-state index in [4.69, 9.17) is 4.74 Å². The third kappa shape index (κ3) is 3.66. The van der Waals surface area contributed by atoms with Crippen molar-refractivity contribution >= 4 is 16.7 Å². The van der Waals surface area contributed by atoms with Crippen LogP contribution in [0.15, 0.2) is 54.6 Å². The smallest absolute Gasteiger partial charge is 0.260 e. The van der Waals surface area contributed by atoms with Crippen LogP contribution < -0.4 is 4.74 Å². The van der Waals surface area contributed by atoms with Crippen LogP contribution >= 0.6 is 0 Å². The molecule has 2 fully saturated rings. The molecule has 4 nitrogen and oxygen atoms in total. The van der Waals surface area contributed by atoms with Gasteiger partial charge in [0, 0.05) is 32.7 Å². The van der Waals surface area contributed by atoms with Crippen LogP contribution in [0.1, 0.15) is 12.8 Å². The molecule has 4 heteroatoms. The third-order valence-electron chi connectivity index (χ3n) is 6.72. The summed E-state index contributed by atoms with van der Waals surface area (Å²) in [4.78, 5) is 17.1. The van der Waals surface area contributed by atoms with Crippen molar-refractivity contribution in [2.75, 3.05) is 39.3 Å². The van der Waals surface area contributed by atoms with Crippen LogP contribution in [0.2, 0.25) is 0 Å². The maximum absolute atomic E-state index is 12.6. The maximum atomic E-state index is 12.6. The van der Waals surface area contributed by atoms with Crippen LogP contribution in [0.3, 0.4) is 0 Å². The lowest BCUT2D eigenvalue weighted by molar-refractivity contribution is -0.135. The number of nitrogens with zero attached hydrogens (tertiary/aromatic N) is 2. The second-order valence-corrected chi connectivity index (χ2v) is 8.52. The number of benzene rings is 2. The number of ether oxygens (including phenoxy) is 1. The topological polar surface area (TPSA) is 32.8 Å². The van der Waals surface area contributed by atoms with E-state index < -0.39 is 0 Å². The summed E-state index contributed by atoms with van der Waals surface area (Å²) in [7, 11) is 0. The lowest BCUT2D eigenvalue weighted by Crippen LogP contribution is -2.51. The number of piperazine rings is 1. The van der Waals surface area contributed by atoms with Gasteiger partial charge in [0.2, 0.25) is 0 Å². The number of hydrogen-bond donors (Lipinski definition) is 0. The summed E-state index contributed by atoms with van der Waals surface area (Å²) >= 11 is 0. The average Bonchev–Trinajstić information content (AvgIpc) is 3.36. The molecular formula is C24H28N2O2. The minimum atomic E-state index is 0.0932. The van der Waals surface area contributed by atoms with Gasteiger partial charge in [0.15, 0.2) is 6.61 Å². The van der Waals surface area contributed by atoms with Gasteiger partial charge in [-0.05, 0) is 53.5 Å². The quantitative estimate of drug-likeness (QED) is 0.748. The predicted octanol–water partition coefficient (Wildman–Crippen LogP) is 3.58. The average molecular weight is 377 g/mol. The van der Waals surface area contributed by atoms with Crippen LogP contribution in [-0.4, -0.2) is 55.0 Å². The van der Waals surface area contributed by atoms with Gasteiger partial charge in [-0.15, -0.1) is 0 Å². The molecule has 2 aliphatic carbocycles. The molecule has 5 rings (SSSR count). The maximum Gasteiger partial charge on any atom is 0.260 e. The Morgan fingerprint density at radius 1 is 0.964 bits per heavy atom. The molecule has 0 spiro atoms. The Morgan fingerprint density at radius 3 is 2.54 bits per heavy atom. The lowest BCUT2D eigenvalue weighted by Gasteiger charge is -2.36. The number of rotatable bonds is 5. The molecular weight excluding hydrogens is 348 g/mol. The summed E-state index contributed by atoms with van der Waals surface area (Å²) in [5.41, 5.74) is 0. The Balaban J connectivity index is 1.09. The van der Waals surface area contributed by atoms with E-state index >= 15 is 0 Å². The van der Waals surface area contributed by atoms with Gasteiger partial charge in [0.05, 0.1) is 0 Å². The van der Waals surface area contributed by atoms with Crippen LogP contribution in [0.4, 0.5) is 0 Å². The fraction of sp³-hybridized carbons (Fsp3) is 0.458. The Labute approximate surface area is 166 Å². The van der Waals surface area contributed by atoms with Crippen molar-refractivity contribution in [2.45, 2.75) is 12.8 Å². The van der Waals surface area contributed by atoms with Crippen LogP contribution in [0.5, 0.6) is 5.75 Å². The molecule has 28 heavy (non-hydrogen) atoms. The first-order valence-corrected chi connectivity index (χ1v) is 10.5. The van der Waals surface area contributed by atoms with Gasteiger partial charge >= 0.3 is 0 Å². The SMILES string of the molecule is O=C(COc1ccc2ccccc2c1)N1CCN(C[C@@H]2C[C@@H]3C=C[C@H]2C3)CC1. The van der Waals surface area contributed by atoms with Gasteiger partial charge in [-0.25, -0.2) is 0 Å². The molecule has 1 saturated heterocycles. The molecule has 1 saturated carbocycles. The molecule has 0 aromatic heterocycles. The van der Waals surface area contributed by atoms with E-state index in [-0.39, 0.29) is 12.5 Å². The van der Waals surface area contributed by atoms with Crippen molar-refractivity contribution in [3.63, 3.8) is 0 Å². The van der Waals surface area contributed by atoms with E-state index in [0.717, 1.165) is 55.1 Å². The minimum absolute atomic E-state index is 0.0932. The molecule has 3 aliphatic rings. The largest absolute Gasteiger partial charge is 0.484 e. The molecule has 2 aromatic rings. The van der Waals surface area contributed by atoms with Crippen LogP contribution in [0.25, 0.3) is 10.8 Å². The number of amides is 1. The van der Waals surface area contributed by atoms with Gasteiger partial charge in [-0.1, -0.05) is 42.5 Å². The van der Waals surface area contributed by atoms with Crippen molar-refractivity contribution in [2.24, 2.45) is 17.8 Å². The van der Waals surface area contributed by atoms with Gasteiger partial charge in [0.1, 0.15) is 5.75 Å². The first-order valence-electron chi connectivity index (χ1n) is 10.5. The first kappa shape index (κ1) is 17.7. The normalized spacial score (nSPS) is 26.9. The fourth-order valence-corrected chi connectivity index (χ4v) is 5.11. The van der Waals surface area contributed by atoms with Crippen molar-refractivity contribution in [3.8, 4) is 5.75 Å². The molecule has 0 unspecified atom stereocenters. The summed E-state index contributed by atoms with van der Waals surface area (Å²) in [6.45, 7) is 4.92. The zero-order chi connectivity index (χ0) is 18.9. The fourth-order valence-electron chi connectivity index (χ4n) is 5.11. The van der Waals surface area contributed by atoms with Crippen molar-refractivity contribution in [1.29, 1.82) is 0 Å². The molecule has 146 valence electrons. The minimum Gasteiger partial charge on any atom is -0.484 e. The van der Waals surface area contributed by atoms with E-state index in [1.165, 1.54) is 24.8 Å². The highest BCUT2D eigenvalue weighted by atomic mass is 16.5. The molecule has 0 N–H and O–H groups in total. The summed E-state index contributed by atoms with van der Waals surface area (Å²) < 4.78 is 5.78. The van der Waals surface area contributed by atoms with E-state index in [1.807, 2.05) is 35.2 Å². The second kappa shape index (κ2) is 7.59. The van der Waals surface area contributed by atoms with Gasteiger partial charge in [0.25, 0.3) is 5.91 Å². The van der Waals surface area contributed by atoms with Crippen molar-refractivity contribution < 1.29 is 9.53 Å². The predicted molar refractivity (Wildman–Crippen MR) is 111 cm³/mol. The van der Waals surface area contributed by atoms with Crippen LogP contribution in [0, 0.1) is 17.8 Å². The molecule has 2 aromatic carbocycles. The zero-order valence-electron chi connectivity index (χ0n) is 16.3. The molecule has 0 radical (unpaired) electrons. The highest BCUT2D eigenvalue weighted by Gasteiger charge is 2.36. The first-order chi connectivity index (χ1) is 13.7. The van der Waals surface area contributed by atoms with Gasteiger partial charge < -0.3 is 9.64 Å². The number of carbonyl (C=O) groups is 1. The Kier molecular flexibility index (Phi) is 4.81. The van der Waals surface area contributed by atoms with E-state index in [9.17, 15) is 4.79 Å². The monoisotopic (exact) mass is 376 g/mol. The summed E-state index contributed by atoms with van der Waals surface area (Å²) in [5, 5.41) is 2.32. The summed E-state index contributed by atoms with van der Waals surface area (Å²) in [6, 6.07) is 14.2. The summed E-state index contributed by atoms with van der Waals surface area (Å²) in [5.74, 6) is 3.32. The Hall–Kier alpha value is -2.33. The lowest BCUT2D eigenvalue weighted by atomic mass is 9.93. The zero-order valence-corrected chi connectivity index (χ0v) is 16.3. The Bertz CT molecular complexity index is 885. The third-order valence-corrected chi connectivity index (χ3v) is 6.72. The number of hydrogen-bond acceptors (Lipinski definition) is 3. The van der Waals surface area contributed by atoms with Gasteiger partial charge in [-0.3, -0.25) is 9.69 Å². The molecule has 2 bridgehead atoms. The van der Waals surface area contributed by atoms with E-state index in [1.54, 1.807) is 0 Å². The molecule has 1 heterocycles. The number of fused-ring (bicyclic) bond motifs is 3. The van der Waals surface area contributed by atoms with Crippen molar-refractivity contribution in [1.82, 2.24) is 9.80 Å². The second-order valence-electron chi connectivity index (χ2n) is 8.52. The molecule has 3 atom stereocenters. The van der Waals surface area contributed by atoms with Crippen molar-refractivity contribution in [3.05, 3.63) is 54.6 Å². The molecule has 1 amide bonds. The standard InChI is InChI=1S/C24H28N2O2/c27-24(17-28-23-8-7-19-3-1-2-4-20(19)15-23)26-11-9-25(10-12-26)16-22-14-18-5-6-21(22)13-18/h1-8,15,18,21-22H,9-14,16-17H2/t18-,21+,22+/m1/s1. The number of allylic oxidation sites excluding steroid dienone is 2. The van der Waals surface area contributed by atoms with Crippen LogP contribution in [-0.2, 0) is 4.79 Å².